The molecule has 0 bridgehead atoms. The highest BCUT2D eigenvalue weighted by atomic mass is 79.9. The molecule has 0 aliphatic carbocycles. The summed E-state index contributed by atoms with van der Waals surface area (Å²) in [4.78, 5) is 14.1. The highest BCUT2D eigenvalue weighted by Crippen LogP contribution is 2.27. The van der Waals surface area contributed by atoms with Crippen molar-refractivity contribution < 1.29 is 14.6 Å². The quantitative estimate of drug-likeness (QED) is 0.871. The first-order valence-corrected chi connectivity index (χ1v) is 7.00. The van der Waals surface area contributed by atoms with Crippen LogP contribution in [0.15, 0.2) is 18.2 Å². The van der Waals surface area contributed by atoms with E-state index in [9.17, 15) is 9.90 Å². The smallest absolute Gasteiger partial charge is 0.257 e. The predicted octanol–water partition coefficient (Wildman–Crippen LogP) is 2.26. The Bertz CT molecular complexity index is 450. The van der Waals surface area contributed by atoms with Gasteiger partial charge in [-0.2, -0.15) is 0 Å². The van der Waals surface area contributed by atoms with E-state index in [1.54, 1.807) is 17.0 Å². The van der Waals surface area contributed by atoms with Gasteiger partial charge < -0.3 is 14.7 Å². The summed E-state index contributed by atoms with van der Waals surface area (Å²) in [5, 5.41) is 10.7. The molecule has 0 aromatic heterocycles. The Balaban J connectivity index is 2.18. The number of benzene rings is 1. The summed E-state index contributed by atoms with van der Waals surface area (Å²) >= 11 is 3.44. The van der Waals surface area contributed by atoms with Crippen LogP contribution in [0.2, 0.25) is 0 Å². The minimum atomic E-state index is -0.130. The lowest BCUT2D eigenvalue weighted by atomic mass is 10.1. The zero-order chi connectivity index (χ0) is 13.1. The van der Waals surface area contributed by atoms with E-state index in [1.165, 1.54) is 13.2 Å². The minimum Gasteiger partial charge on any atom is -0.507 e. The van der Waals surface area contributed by atoms with Crippen molar-refractivity contribution in [2.45, 2.75) is 6.42 Å². The van der Waals surface area contributed by atoms with Crippen LogP contribution in [-0.2, 0) is 0 Å². The standard InChI is InChI=1S/C13H16BrNO3/c1-18-10-2-3-12(16)11(6-10)13(17)15-5-4-9(7-14)8-15/h2-3,6,9,16H,4-5,7-8H2,1H3. The Morgan fingerprint density at radius 3 is 3.00 bits per heavy atom. The predicted molar refractivity (Wildman–Crippen MR) is 72.5 cm³/mol. The monoisotopic (exact) mass is 313 g/mol. The fourth-order valence-corrected chi connectivity index (χ4v) is 2.66. The van der Waals surface area contributed by atoms with Crippen molar-refractivity contribution in [3.8, 4) is 11.5 Å². The van der Waals surface area contributed by atoms with Gasteiger partial charge in [0.1, 0.15) is 11.5 Å². The van der Waals surface area contributed by atoms with Gasteiger partial charge in [-0.25, -0.2) is 0 Å². The lowest BCUT2D eigenvalue weighted by Crippen LogP contribution is -2.28. The number of ether oxygens (including phenoxy) is 1. The molecule has 1 atom stereocenters. The van der Waals surface area contributed by atoms with Gasteiger partial charge in [0.15, 0.2) is 0 Å². The number of carbonyl (C=O) groups is 1. The lowest BCUT2D eigenvalue weighted by Gasteiger charge is -2.17. The molecule has 0 saturated carbocycles. The van der Waals surface area contributed by atoms with Crippen LogP contribution in [0.1, 0.15) is 16.8 Å². The van der Waals surface area contributed by atoms with Crippen LogP contribution in [0.5, 0.6) is 11.5 Å². The first kappa shape index (κ1) is 13.2. The molecule has 1 saturated heterocycles. The molecule has 1 aliphatic rings. The van der Waals surface area contributed by atoms with Gasteiger partial charge in [-0.15, -0.1) is 0 Å². The summed E-state index contributed by atoms with van der Waals surface area (Å²) in [5.74, 6) is 0.951. The highest BCUT2D eigenvalue weighted by molar-refractivity contribution is 9.09. The molecular weight excluding hydrogens is 298 g/mol. The molecule has 4 nitrogen and oxygen atoms in total. The third-order valence-corrected chi connectivity index (χ3v) is 4.14. The zero-order valence-corrected chi connectivity index (χ0v) is 11.8. The normalized spacial score (nSPS) is 19.0. The molecule has 1 aromatic rings. The van der Waals surface area contributed by atoms with E-state index < -0.39 is 0 Å². The van der Waals surface area contributed by atoms with E-state index in [0.717, 1.165) is 24.8 Å². The third-order valence-electron chi connectivity index (χ3n) is 3.23. The molecule has 18 heavy (non-hydrogen) atoms. The summed E-state index contributed by atoms with van der Waals surface area (Å²) in [6.45, 7) is 1.48. The fourth-order valence-electron chi connectivity index (χ4n) is 2.13. The minimum absolute atomic E-state index is 0.00286. The van der Waals surface area contributed by atoms with E-state index in [-0.39, 0.29) is 11.7 Å². The van der Waals surface area contributed by atoms with Crippen molar-refractivity contribution in [3.63, 3.8) is 0 Å². The van der Waals surface area contributed by atoms with Crippen molar-refractivity contribution in [1.82, 2.24) is 4.90 Å². The second-order valence-electron chi connectivity index (χ2n) is 4.44. The van der Waals surface area contributed by atoms with Crippen molar-refractivity contribution in [1.29, 1.82) is 0 Å². The molecule has 1 N–H and O–H groups in total. The first-order chi connectivity index (χ1) is 8.65. The highest BCUT2D eigenvalue weighted by Gasteiger charge is 2.27. The van der Waals surface area contributed by atoms with Crippen molar-refractivity contribution in [3.05, 3.63) is 23.8 Å². The summed E-state index contributed by atoms with van der Waals surface area (Å²) in [7, 11) is 1.54. The number of alkyl halides is 1. The Hall–Kier alpha value is -1.23. The van der Waals surface area contributed by atoms with Gasteiger partial charge in [-0.1, -0.05) is 15.9 Å². The van der Waals surface area contributed by atoms with Gasteiger partial charge >= 0.3 is 0 Å². The number of methoxy groups -OCH3 is 1. The number of phenolic OH excluding ortho intramolecular Hbond substituents is 1. The number of rotatable bonds is 3. The summed E-state index contributed by atoms with van der Waals surface area (Å²) in [6, 6.07) is 4.71. The number of hydrogen-bond donors (Lipinski definition) is 1. The van der Waals surface area contributed by atoms with Gasteiger partial charge in [-0.3, -0.25) is 4.79 Å². The number of phenols is 1. The van der Waals surface area contributed by atoms with Crippen LogP contribution in [0.4, 0.5) is 0 Å². The molecule has 2 rings (SSSR count). The molecule has 1 amide bonds. The van der Waals surface area contributed by atoms with Gasteiger partial charge in [0.25, 0.3) is 5.91 Å². The van der Waals surface area contributed by atoms with E-state index in [0.29, 0.717) is 17.2 Å². The summed E-state index contributed by atoms with van der Waals surface area (Å²) in [6.07, 6.45) is 1.00. The molecule has 1 aromatic carbocycles. The zero-order valence-electron chi connectivity index (χ0n) is 10.2. The second kappa shape index (κ2) is 5.61. The van der Waals surface area contributed by atoms with Crippen LogP contribution in [-0.4, -0.2) is 41.4 Å². The molecule has 1 heterocycles. The fraction of sp³-hybridized carbons (Fsp3) is 0.462. The first-order valence-electron chi connectivity index (χ1n) is 5.88. The average Bonchev–Trinajstić information content (AvgIpc) is 2.87. The van der Waals surface area contributed by atoms with Gasteiger partial charge in [-0.05, 0) is 30.5 Å². The number of likely N-dealkylation sites (tertiary alicyclic amines) is 1. The second-order valence-corrected chi connectivity index (χ2v) is 5.09. The number of carbonyl (C=O) groups excluding carboxylic acids is 1. The average molecular weight is 314 g/mol. The van der Waals surface area contributed by atoms with Gasteiger partial charge in [0.2, 0.25) is 0 Å². The molecule has 0 spiro atoms. The number of nitrogens with zero attached hydrogens (tertiary/aromatic N) is 1. The van der Waals surface area contributed by atoms with Gasteiger partial charge in [0.05, 0.1) is 12.7 Å². The molecule has 0 radical (unpaired) electrons. The summed E-state index contributed by atoms with van der Waals surface area (Å²) in [5.41, 5.74) is 0.310. The molecule has 98 valence electrons. The molecule has 1 fully saturated rings. The van der Waals surface area contributed by atoms with Crippen LogP contribution in [0.25, 0.3) is 0 Å². The van der Waals surface area contributed by atoms with Crippen LogP contribution in [0.3, 0.4) is 0 Å². The molecule has 5 heteroatoms. The van der Waals surface area contributed by atoms with Crippen molar-refractivity contribution in [2.75, 3.05) is 25.5 Å². The largest absolute Gasteiger partial charge is 0.507 e. The number of amides is 1. The lowest BCUT2D eigenvalue weighted by molar-refractivity contribution is 0.0785. The van der Waals surface area contributed by atoms with Gasteiger partial charge in [0, 0.05) is 18.4 Å². The third kappa shape index (κ3) is 2.61. The Kier molecular flexibility index (Phi) is 4.11. The van der Waals surface area contributed by atoms with E-state index >= 15 is 0 Å². The number of hydrogen-bond acceptors (Lipinski definition) is 3. The van der Waals surface area contributed by atoms with Crippen LogP contribution < -0.4 is 4.74 Å². The maximum atomic E-state index is 12.3. The van der Waals surface area contributed by atoms with Crippen molar-refractivity contribution in [2.24, 2.45) is 5.92 Å². The summed E-state index contributed by atoms with van der Waals surface area (Å²) < 4.78 is 5.08. The molecular formula is C13H16BrNO3. The van der Waals surface area contributed by atoms with Crippen LogP contribution in [0, 0.1) is 5.92 Å². The van der Waals surface area contributed by atoms with Crippen LogP contribution >= 0.6 is 15.9 Å². The van der Waals surface area contributed by atoms with E-state index in [1.807, 2.05) is 0 Å². The maximum absolute atomic E-state index is 12.3. The Morgan fingerprint density at radius 2 is 2.39 bits per heavy atom. The topological polar surface area (TPSA) is 49.8 Å². The number of halogens is 1. The van der Waals surface area contributed by atoms with E-state index in [4.69, 9.17) is 4.74 Å². The Morgan fingerprint density at radius 1 is 1.61 bits per heavy atom. The SMILES string of the molecule is COc1ccc(O)c(C(=O)N2CCC(CBr)C2)c1. The Labute approximate surface area is 115 Å². The maximum Gasteiger partial charge on any atom is 0.257 e. The molecule has 1 aliphatic heterocycles. The number of aromatic hydroxyl groups is 1. The van der Waals surface area contributed by atoms with Crippen molar-refractivity contribution >= 4 is 21.8 Å². The van der Waals surface area contributed by atoms with E-state index in [2.05, 4.69) is 15.9 Å². The molecule has 1 unspecified atom stereocenters.